The minimum Gasteiger partial charge on any atom is -0.294 e. The van der Waals surface area contributed by atoms with Crippen molar-refractivity contribution in [1.82, 2.24) is 9.91 Å². The summed E-state index contributed by atoms with van der Waals surface area (Å²) in [5, 5.41) is 6.63. The van der Waals surface area contributed by atoms with Crippen molar-refractivity contribution in [3.8, 4) is 0 Å². The van der Waals surface area contributed by atoms with Gasteiger partial charge >= 0.3 is 0 Å². The zero-order valence-electron chi connectivity index (χ0n) is 17.8. The molecule has 2 heterocycles. The lowest BCUT2D eigenvalue weighted by molar-refractivity contribution is -0.134. The molecule has 4 rings (SSSR count). The molecule has 1 fully saturated rings. The van der Waals surface area contributed by atoms with Gasteiger partial charge in [-0.25, -0.2) is 5.01 Å². The molecule has 0 spiro atoms. The molecule has 1 atom stereocenters. The van der Waals surface area contributed by atoms with Crippen molar-refractivity contribution < 1.29 is 4.79 Å². The van der Waals surface area contributed by atoms with E-state index in [1.165, 1.54) is 41.5 Å². The Hall–Kier alpha value is -2.46. The second-order valence-corrected chi connectivity index (χ2v) is 8.50. The molecule has 2 aliphatic heterocycles. The third-order valence-electron chi connectivity index (χ3n) is 6.36. The summed E-state index contributed by atoms with van der Waals surface area (Å²) in [6, 6.07) is 14.8. The van der Waals surface area contributed by atoms with E-state index in [1.807, 2.05) is 0 Å². The van der Waals surface area contributed by atoms with Crippen LogP contribution in [0.3, 0.4) is 0 Å². The average molecular weight is 390 g/mol. The number of hydrazone groups is 1. The summed E-state index contributed by atoms with van der Waals surface area (Å²) < 4.78 is 0. The van der Waals surface area contributed by atoms with E-state index in [0.29, 0.717) is 6.54 Å². The van der Waals surface area contributed by atoms with Crippen LogP contribution in [0.25, 0.3) is 0 Å². The first-order valence-corrected chi connectivity index (χ1v) is 10.8. The molecule has 0 aromatic heterocycles. The molecule has 0 saturated carbocycles. The van der Waals surface area contributed by atoms with Crippen LogP contribution in [-0.2, 0) is 4.79 Å². The molecule has 4 heteroatoms. The third-order valence-corrected chi connectivity index (χ3v) is 6.36. The molecule has 29 heavy (non-hydrogen) atoms. The topological polar surface area (TPSA) is 35.9 Å². The Morgan fingerprint density at radius 2 is 1.72 bits per heavy atom. The van der Waals surface area contributed by atoms with Gasteiger partial charge < -0.3 is 0 Å². The first-order chi connectivity index (χ1) is 14.0. The van der Waals surface area contributed by atoms with E-state index in [1.54, 1.807) is 5.01 Å². The molecule has 0 bridgehead atoms. The number of benzene rings is 2. The monoisotopic (exact) mass is 389 g/mol. The lowest BCUT2D eigenvalue weighted by Gasteiger charge is -2.29. The Labute approximate surface area is 174 Å². The van der Waals surface area contributed by atoms with Gasteiger partial charge in [-0.2, -0.15) is 5.10 Å². The van der Waals surface area contributed by atoms with Crippen LogP contribution in [0, 0.1) is 20.8 Å². The van der Waals surface area contributed by atoms with Gasteiger partial charge in [0.1, 0.15) is 0 Å². The van der Waals surface area contributed by atoms with Gasteiger partial charge in [-0.15, -0.1) is 0 Å². The number of nitrogens with zero attached hydrogens (tertiary/aromatic N) is 3. The summed E-state index contributed by atoms with van der Waals surface area (Å²) in [5.74, 6) is 0.110. The summed E-state index contributed by atoms with van der Waals surface area (Å²) in [4.78, 5) is 15.6. The lowest BCUT2D eigenvalue weighted by Crippen LogP contribution is -2.40. The molecule has 152 valence electrons. The number of piperidine rings is 1. The number of rotatable bonds is 4. The van der Waals surface area contributed by atoms with Gasteiger partial charge in [-0.05, 0) is 80.6 Å². The van der Waals surface area contributed by atoms with Gasteiger partial charge in [0.25, 0.3) is 5.91 Å². The fraction of sp³-hybridized carbons (Fsp3) is 0.440. The van der Waals surface area contributed by atoms with Crippen molar-refractivity contribution in [1.29, 1.82) is 0 Å². The summed E-state index contributed by atoms with van der Waals surface area (Å²) in [5.41, 5.74) is 7.08. The average Bonchev–Trinajstić information content (AvgIpc) is 3.16. The normalized spacial score (nSPS) is 20.0. The third kappa shape index (κ3) is 4.27. The fourth-order valence-corrected chi connectivity index (χ4v) is 4.42. The van der Waals surface area contributed by atoms with Crippen molar-refractivity contribution in [2.75, 3.05) is 19.6 Å². The van der Waals surface area contributed by atoms with Crippen molar-refractivity contribution in [3.05, 3.63) is 70.3 Å². The van der Waals surface area contributed by atoms with Crippen LogP contribution in [-0.4, -0.2) is 41.2 Å². The SMILES string of the molecule is Cc1ccc(C2=NN(C(=O)CN3CCCCC3)[C@@H](c3ccccc3C)C2)cc1C. The highest BCUT2D eigenvalue weighted by Gasteiger charge is 2.34. The Morgan fingerprint density at radius 3 is 2.45 bits per heavy atom. The van der Waals surface area contributed by atoms with Crippen LogP contribution in [0.15, 0.2) is 47.6 Å². The highest BCUT2D eigenvalue weighted by molar-refractivity contribution is 6.03. The van der Waals surface area contributed by atoms with E-state index in [9.17, 15) is 4.79 Å². The van der Waals surface area contributed by atoms with Gasteiger partial charge in [0.2, 0.25) is 0 Å². The molecular formula is C25H31N3O. The molecule has 2 aromatic carbocycles. The van der Waals surface area contributed by atoms with Gasteiger partial charge in [0.15, 0.2) is 0 Å². The van der Waals surface area contributed by atoms with Crippen LogP contribution in [0.1, 0.15) is 59.5 Å². The second kappa shape index (κ2) is 8.50. The summed E-state index contributed by atoms with van der Waals surface area (Å²) in [6.45, 7) is 8.88. The Bertz CT molecular complexity index is 927. The number of amides is 1. The van der Waals surface area contributed by atoms with Gasteiger partial charge in [0.05, 0.1) is 18.3 Å². The van der Waals surface area contributed by atoms with Crippen molar-refractivity contribution in [3.63, 3.8) is 0 Å². The van der Waals surface area contributed by atoms with Crippen LogP contribution >= 0.6 is 0 Å². The highest BCUT2D eigenvalue weighted by atomic mass is 16.2. The maximum Gasteiger partial charge on any atom is 0.257 e. The zero-order chi connectivity index (χ0) is 20.4. The van der Waals surface area contributed by atoms with Crippen LogP contribution < -0.4 is 0 Å². The second-order valence-electron chi connectivity index (χ2n) is 8.50. The molecule has 0 radical (unpaired) electrons. The minimum atomic E-state index is -0.0231. The minimum absolute atomic E-state index is 0.0231. The zero-order valence-corrected chi connectivity index (χ0v) is 17.8. The van der Waals surface area contributed by atoms with Crippen molar-refractivity contribution >= 4 is 11.6 Å². The van der Waals surface area contributed by atoms with E-state index in [-0.39, 0.29) is 11.9 Å². The van der Waals surface area contributed by atoms with Crippen LogP contribution in [0.4, 0.5) is 0 Å². The molecule has 2 aliphatic rings. The summed E-state index contributed by atoms with van der Waals surface area (Å²) in [7, 11) is 0. The number of aryl methyl sites for hydroxylation is 3. The number of likely N-dealkylation sites (tertiary alicyclic amines) is 1. The number of hydrogen-bond donors (Lipinski definition) is 0. The van der Waals surface area contributed by atoms with E-state index < -0.39 is 0 Å². The number of carbonyl (C=O) groups excluding carboxylic acids is 1. The van der Waals surface area contributed by atoms with E-state index in [2.05, 4.69) is 68.1 Å². The molecular weight excluding hydrogens is 358 g/mol. The highest BCUT2D eigenvalue weighted by Crippen LogP contribution is 2.34. The summed E-state index contributed by atoms with van der Waals surface area (Å²) >= 11 is 0. The first-order valence-electron chi connectivity index (χ1n) is 10.8. The molecule has 1 saturated heterocycles. The standard InChI is InChI=1S/C25H31N3O/c1-18-11-12-21(15-20(18)3)23-16-24(22-10-6-5-9-19(22)2)28(26-23)25(29)17-27-13-7-4-8-14-27/h5-6,9-12,15,24H,4,7-8,13-14,16-17H2,1-3H3/t24-/m1/s1. The molecule has 1 amide bonds. The Balaban J connectivity index is 1.64. The van der Waals surface area contributed by atoms with Crippen LogP contribution in [0.5, 0.6) is 0 Å². The smallest absolute Gasteiger partial charge is 0.257 e. The predicted octanol–water partition coefficient (Wildman–Crippen LogP) is 4.78. The number of hydrogen-bond acceptors (Lipinski definition) is 3. The maximum absolute atomic E-state index is 13.3. The fourth-order valence-electron chi connectivity index (χ4n) is 4.42. The molecule has 2 aromatic rings. The Kier molecular flexibility index (Phi) is 5.81. The van der Waals surface area contributed by atoms with Gasteiger partial charge in [-0.1, -0.05) is 42.8 Å². The van der Waals surface area contributed by atoms with E-state index >= 15 is 0 Å². The van der Waals surface area contributed by atoms with Crippen molar-refractivity contribution in [2.24, 2.45) is 5.10 Å². The molecule has 0 unspecified atom stereocenters. The summed E-state index contributed by atoms with van der Waals surface area (Å²) in [6.07, 6.45) is 4.41. The van der Waals surface area contributed by atoms with Crippen molar-refractivity contribution in [2.45, 2.75) is 52.5 Å². The molecule has 0 N–H and O–H groups in total. The van der Waals surface area contributed by atoms with E-state index in [0.717, 1.165) is 30.8 Å². The number of carbonyl (C=O) groups is 1. The lowest BCUT2D eigenvalue weighted by atomic mass is 9.94. The first kappa shape index (κ1) is 19.8. The van der Waals surface area contributed by atoms with Gasteiger partial charge in [0, 0.05) is 6.42 Å². The van der Waals surface area contributed by atoms with Crippen LogP contribution in [0.2, 0.25) is 0 Å². The molecule has 0 aliphatic carbocycles. The largest absolute Gasteiger partial charge is 0.294 e. The quantitative estimate of drug-likeness (QED) is 0.755. The predicted molar refractivity (Wildman–Crippen MR) is 118 cm³/mol. The maximum atomic E-state index is 13.3. The van der Waals surface area contributed by atoms with Gasteiger partial charge in [-0.3, -0.25) is 9.69 Å². The van der Waals surface area contributed by atoms with E-state index in [4.69, 9.17) is 5.10 Å². The Morgan fingerprint density at radius 1 is 0.966 bits per heavy atom. The molecule has 4 nitrogen and oxygen atoms in total.